The third kappa shape index (κ3) is 5.49. The second-order valence-corrected chi connectivity index (χ2v) is 8.52. The summed E-state index contributed by atoms with van der Waals surface area (Å²) in [6, 6.07) is 14.8. The van der Waals surface area contributed by atoms with Crippen LogP contribution >= 0.6 is 0 Å². The van der Waals surface area contributed by atoms with E-state index < -0.39 is 23.7 Å². The van der Waals surface area contributed by atoms with Gasteiger partial charge in [-0.1, -0.05) is 68.3 Å². The average molecular weight is 472 g/mol. The lowest BCUT2D eigenvalue weighted by atomic mass is 9.85. The van der Waals surface area contributed by atoms with E-state index in [9.17, 15) is 17.6 Å². The van der Waals surface area contributed by atoms with Gasteiger partial charge in [0.2, 0.25) is 0 Å². The molecule has 1 aliphatic rings. The fourth-order valence-electron chi connectivity index (χ4n) is 4.33. The molecule has 0 N–H and O–H groups in total. The van der Waals surface area contributed by atoms with E-state index in [2.05, 4.69) is 35.9 Å². The van der Waals surface area contributed by atoms with Gasteiger partial charge in [0.1, 0.15) is 5.82 Å². The van der Waals surface area contributed by atoms with E-state index in [-0.39, 0.29) is 11.1 Å². The third-order valence-corrected chi connectivity index (χ3v) is 6.14. The third-order valence-electron chi connectivity index (χ3n) is 6.14. The number of halogens is 5. The number of hydrogen-bond donors (Lipinski definition) is 0. The molecule has 178 valence electrons. The summed E-state index contributed by atoms with van der Waals surface area (Å²) in [7, 11) is 0. The second kappa shape index (κ2) is 10.00. The summed E-state index contributed by atoms with van der Waals surface area (Å²) >= 11 is 0. The number of ether oxygens (including phenoxy) is 1. The predicted octanol–water partition coefficient (Wildman–Crippen LogP) is 8.45. The fourth-order valence-corrected chi connectivity index (χ4v) is 4.33. The van der Waals surface area contributed by atoms with E-state index in [0.717, 1.165) is 35.3 Å². The Kier molecular flexibility index (Phi) is 7.05. The summed E-state index contributed by atoms with van der Waals surface area (Å²) in [5.41, 5.74) is 5.21. The molecule has 3 aromatic rings. The van der Waals surface area contributed by atoms with E-state index in [1.54, 1.807) is 12.1 Å². The zero-order valence-electron chi connectivity index (χ0n) is 18.8. The van der Waals surface area contributed by atoms with Gasteiger partial charge in [-0.3, -0.25) is 0 Å². The minimum Gasteiger partial charge on any atom is -0.403 e. The highest BCUT2D eigenvalue weighted by Crippen LogP contribution is 2.36. The first kappa shape index (κ1) is 24.0. The predicted molar refractivity (Wildman–Crippen MR) is 124 cm³/mol. The van der Waals surface area contributed by atoms with Crippen molar-refractivity contribution in [3.05, 3.63) is 94.6 Å². The van der Waals surface area contributed by atoms with Crippen molar-refractivity contribution in [3.63, 3.8) is 0 Å². The number of alkyl halides is 3. The maximum absolute atomic E-state index is 15.3. The van der Waals surface area contributed by atoms with E-state index in [4.69, 9.17) is 0 Å². The highest BCUT2D eigenvalue weighted by atomic mass is 19.4. The van der Waals surface area contributed by atoms with Crippen LogP contribution in [0.3, 0.4) is 0 Å². The molecule has 0 saturated heterocycles. The van der Waals surface area contributed by atoms with Crippen molar-refractivity contribution in [3.8, 4) is 16.9 Å². The summed E-state index contributed by atoms with van der Waals surface area (Å²) in [4.78, 5) is 0. The minimum absolute atomic E-state index is 0.143. The molecule has 0 bridgehead atoms. The molecule has 0 radical (unpaired) electrons. The van der Waals surface area contributed by atoms with Gasteiger partial charge in [0.05, 0.1) is 0 Å². The Labute approximate surface area is 195 Å². The van der Waals surface area contributed by atoms with E-state index in [1.807, 2.05) is 6.08 Å². The van der Waals surface area contributed by atoms with E-state index in [0.29, 0.717) is 18.4 Å². The maximum Gasteiger partial charge on any atom is 0.573 e. The van der Waals surface area contributed by atoms with Gasteiger partial charge in [-0.05, 0) is 71.2 Å². The Bertz CT molecular complexity index is 1190. The number of allylic oxidation sites excluding steroid dienone is 2. The van der Waals surface area contributed by atoms with Crippen LogP contribution in [0.4, 0.5) is 22.0 Å². The summed E-state index contributed by atoms with van der Waals surface area (Å²) < 4.78 is 70.2. The van der Waals surface area contributed by atoms with Gasteiger partial charge in [0.25, 0.3) is 0 Å². The molecule has 0 atom stereocenters. The molecule has 1 aliphatic carbocycles. The molecular formula is C28H25F5O. The molecule has 0 amide bonds. The van der Waals surface area contributed by atoms with Crippen molar-refractivity contribution in [1.82, 2.24) is 0 Å². The Morgan fingerprint density at radius 3 is 2.29 bits per heavy atom. The van der Waals surface area contributed by atoms with Gasteiger partial charge in [-0.25, -0.2) is 8.78 Å². The largest absolute Gasteiger partial charge is 0.573 e. The van der Waals surface area contributed by atoms with Crippen molar-refractivity contribution in [1.29, 1.82) is 0 Å². The zero-order valence-corrected chi connectivity index (χ0v) is 18.8. The van der Waals surface area contributed by atoms with Gasteiger partial charge in [0.15, 0.2) is 11.6 Å². The number of unbranched alkanes of at least 4 members (excludes halogenated alkanes) is 2. The van der Waals surface area contributed by atoms with Gasteiger partial charge in [-0.2, -0.15) is 0 Å². The number of benzene rings is 3. The van der Waals surface area contributed by atoms with Crippen LogP contribution in [0.5, 0.6) is 5.75 Å². The van der Waals surface area contributed by atoms with Crippen molar-refractivity contribution < 1.29 is 26.7 Å². The first-order valence-corrected chi connectivity index (χ1v) is 11.4. The molecule has 0 saturated carbocycles. The Hall–Kier alpha value is -3.15. The van der Waals surface area contributed by atoms with Crippen molar-refractivity contribution >= 4 is 5.57 Å². The van der Waals surface area contributed by atoms with Gasteiger partial charge in [-0.15, -0.1) is 13.2 Å². The van der Waals surface area contributed by atoms with Crippen LogP contribution in [0.1, 0.15) is 48.4 Å². The van der Waals surface area contributed by atoms with Crippen LogP contribution in [0.15, 0.2) is 60.7 Å². The van der Waals surface area contributed by atoms with E-state index >= 15 is 4.39 Å². The number of rotatable bonds is 7. The molecule has 4 rings (SSSR count). The van der Waals surface area contributed by atoms with Crippen LogP contribution in [-0.4, -0.2) is 6.36 Å². The van der Waals surface area contributed by atoms with Crippen LogP contribution in [-0.2, 0) is 19.3 Å². The molecule has 34 heavy (non-hydrogen) atoms. The average Bonchev–Trinajstić information content (AvgIpc) is 2.80. The normalized spacial score (nSPS) is 13.4. The highest BCUT2D eigenvalue weighted by molar-refractivity contribution is 5.73. The monoisotopic (exact) mass is 472 g/mol. The lowest BCUT2D eigenvalue weighted by molar-refractivity contribution is -0.275. The molecule has 0 aliphatic heterocycles. The summed E-state index contributed by atoms with van der Waals surface area (Å²) in [5, 5.41) is 0. The Morgan fingerprint density at radius 1 is 0.882 bits per heavy atom. The Balaban J connectivity index is 1.52. The molecule has 6 heteroatoms. The molecule has 0 heterocycles. The molecule has 0 unspecified atom stereocenters. The lowest BCUT2D eigenvalue weighted by Gasteiger charge is -2.20. The maximum atomic E-state index is 15.3. The first-order chi connectivity index (χ1) is 16.2. The van der Waals surface area contributed by atoms with Crippen LogP contribution in [0.2, 0.25) is 0 Å². The highest BCUT2D eigenvalue weighted by Gasteiger charge is 2.32. The molecule has 0 aromatic heterocycles. The van der Waals surface area contributed by atoms with E-state index in [1.165, 1.54) is 30.9 Å². The summed E-state index contributed by atoms with van der Waals surface area (Å²) in [5.74, 6) is -2.63. The van der Waals surface area contributed by atoms with Gasteiger partial charge >= 0.3 is 6.36 Å². The van der Waals surface area contributed by atoms with Crippen LogP contribution in [0.25, 0.3) is 16.7 Å². The quantitative estimate of drug-likeness (QED) is 0.248. The van der Waals surface area contributed by atoms with Crippen molar-refractivity contribution in [2.24, 2.45) is 0 Å². The topological polar surface area (TPSA) is 9.23 Å². The number of hydrogen-bond acceptors (Lipinski definition) is 1. The SMILES string of the molecule is CCCCCc1ccc(C2=CCc3c(ccc(-c4ccc(OC(F)(F)F)c(F)c4)c3F)C2)cc1. The first-order valence-electron chi connectivity index (χ1n) is 11.4. The zero-order chi connectivity index (χ0) is 24.3. The number of aryl methyl sites for hydroxylation is 1. The molecular weight excluding hydrogens is 447 g/mol. The second-order valence-electron chi connectivity index (χ2n) is 8.52. The van der Waals surface area contributed by atoms with Gasteiger partial charge < -0.3 is 4.74 Å². The van der Waals surface area contributed by atoms with Crippen molar-refractivity contribution in [2.45, 2.75) is 51.8 Å². The molecule has 0 spiro atoms. The van der Waals surface area contributed by atoms with Gasteiger partial charge in [0, 0.05) is 5.56 Å². The summed E-state index contributed by atoms with van der Waals surface area (Å²) in [6.45, 7) is 2.18. The minimum atomic E-state index is -5.00. The van der Waals surface area contributed by atoms with Crippen LogP contribution < -0.4 is 4.74 Å². The Morgan fingerprint density at radius 2 is 1.62 bits per heavy atom. The fraction of sp³-hybridized carbons (Fsp3) is 0.286. The van der Waals surface area contributed by atoms with Crippen molar-refractivity contribution in [2.75, 3.05) is 0 Å². The number of fused-ring (bicyclic) bond motifs is 1. The van der Waals surface area contributed by atoms with Crippen LogP contribution in [0, 0.1) is 11.6 Å². The molecule has 1 nitrogen and oxygen atoms in total. The smallest absolute Gasteiger partial charge is 0.403 e. The standard InChI is InChI=1S/C28H25F5O/c1-2-3-4-5-18-6-8-19(9-7-18)20-10-13-23-21(16-20)11-14-24(27(23)30)22-12-15-26(25(29)17-22)34-28(31,32)33/h6-12,14-15,17H,2-5,13,16H2,1H3. The molecule has 3 aromatic carbocycles. The molecule has 0 fully saturated rings. The lowest BCUT2D eigenvalue weighted by Crippen LogP contribution is -2.17. The summed E-state index contributed by atoms with van der Waals surface area (Å²) in [6.07, 6.45) is 2.61.